The molecule has 0 radical (unpaired) electrons. The van der Waals surface area contributed by atoms with Gasteiger partial charge >= 0.3 is 5.97 Å². The minimum Gasteiger partial charge on any atom is -0.458 e. The molecule has 106 valence electrons. The summed E-state index contributed by atoms with van der Waals surface area (Å²) in [7, 11) is 0. The highest BCUT2D eigenvalue weighted by atomic mass is 16.5. The number of hydrogen-bond acceptors (Lipinski definition) is 4. The maximum Gasteiger partial charge on any atom is 0.331 e. The van der Waals surface area contributed by atoms with Crippen LogP contribution in [0.4, 0.5) is 0 Å². The number of hydrogen-bond donors (Lipinski definition) is 0. The van der Waals surface area contributed by atoms with E-state index >= 15 is 0 Å². The number of nitriles is 2. The fourth-order valence-corrected chi connectivity index (χ4v) is 1.71. The molecule has 4 heteroatoms. The minimum atomic E-state index is -0.450. The summed E-state index contributed by atoms with van der Waals surface area (Å²) in [5.41, 5.74) is 2.77. The van der Waals surface area contributed by atoms with E-state index in [4.69, 9.17) is 15.3 Å². The Morgan fingerprint density at radius 3 is 2.05 bits per heavy atom. The highest BCUT2D eigenvalue weighted by Gasteiger charge is 1.99. The summed E-state index contributed by atoms with van der Waals surface area (Å²) in [6, 6.07) is 17.8. The van der Waals surface area contributed by atoms with Crippen molar-refractivity contribution in [3.05, 3.63) is 76.9 Å². The molecular weight excluding hydrogens is 276 g/mol. The number of esters is 1. The van der Waals surface area contributed by atoms with E-state index in [1.54, 1.807) is 54.6 Å². The van der Waals surface area contributed by atoms with Gasteiger partial charge in [-0.25, -0.2) is 4.79 Å². The molecule has 0 aliphatic heterocycles. The fourth-order valence-electron chi connectivity index (χ4n) is 1.71. The molecule has 0 aliphatic rings. The van der Waals surface area contributed by atoms with Crippen LogP contribution in [0.3, 0.4) is 0 Å². The van der Waals surface area contributed by atoms with Crippen molar-refractivity contribution in [2.75, 3.05) is 0 Å². The molecule has 4 nitrogen and oxygen atoms in total. The molecule has 2 aromatic rings. The van der Waals surface area contributed by atoms with Gasteiger partial charge in [0.2, 0.25) is 0 Å². The summed E-state index contributed by atoms with van der Waals surface area (Å²) in [6.45, 7) is 0.155. The van der Waals surface area contributed by atoms with E-state index in [0.29, 0.717) is 11.1 Å². The molecular formula is C18H12N2O2. The van der Waals surface area contributed by atoms with Gasteiger partial charge in [0, 0.05) is 6.08 Å². The summed E-state index contributed by atoms with van der Waals surface area (Å²) < 4.78 is 5.11. The molecule has 0 atom stereocenters. The zero-order valence-corrected chi connectivity index (χ0v) is 11.7. The van der Waals surface area contributed by atoms with Crippen LogP contribution in [0.15, 0.2) is 54.6 Å². The first-order valence-corrected chi connectivity index (χ1v) is 6.55. The topological polar surface area (TPSA) is 73.9 Å². The molecule has 0 bridgehead atoms. The van der Waals surface area contributed by atoms with Crippen LogP contribution in [0.1, 0.15) is 22.3 Å². The Morgan fingerprint density at radius 1 is 0.955 bits per heavy atom. The van der Waals surface area contributed by atoms with Gasteiger partial charge in [-0.05, 0) is 41.5 Å². The van der Waals surface area contributed by atoms with Crippen LogP contribution in [-0.2, 0) is 16.1 Å². The van der Waals surface area contributed by atoms with E-state index in [-0.39, 0.29) is 6.61 Å². The Bertz CT molecular complexity index is 761. The molecule has 0 heterocycles. The van der Waals surface area contributed by atoms with Crippen LogP contribution in [-0.4, -0.2) is 5.97 Å². The summed E-state index contributed by atoms with van der Waals surface area (Å²) in [5, 5.41) is 17.4. The van der Waals surface area contributed by atoms with Gasteiger partial charge < -0.3 is 4.74 Å². The first-order chi connectivity index (χ1) is 10.7. The lowest BCUT2D eigenvalue weighted by Gasteiger charge is -2.02. The van der Waals surface area contributed by atoms with Crippen LogP contribution >= 0.6 is 0 Å². The molecule has 0 saturated carbocycles. The maximum atomic E-state index is 11.6. The number of ether oxygens (including phenoxy) is 1. The van der Waals surface area contributed by atoms with Gasteiger partial charge in [-0.3, -0.25) is 0 Å². The second-order valence-corrected chi connectivity index (χ2v) is 4.48. The predicted octanol–water partition coefficient (Wildman–Crippen LogP) is 3.19. The lowest BCUT2D eigenvalue weighted by Crippen LogP contribution is -2.00. The van der Waals surface area contributed by atoms with Crippen molar-refractivity contribution in [1.29, 1.82) is 10.5 Å². The van der Waals surface area contributed by atoms with Crippen LogP contribution in [0.5, 0.6) is 0 Å². The Labute approximate surface area is 128 Å². The Hall–Kier alpha value is -3.37. The smallest absolute Gasteiger partial charge is 0.331 e. The second kappa shape index (κ2) is 7.42. The van der Waals surface area contributed by atoms with Crippen molar-refractivity contribution in [2.24, 2.45) is 0 Å². The van der Waals surface area contributed by atoms with Crippen molar-refractivity contribution >= 4 is 12.0 Å². The highest BCUT2D eigenvalue weighted by Crippen LogP contribution is 2.07. The predicted molar refractivity (Wildman–Crippen MR) is 81.1 cm³/mol. The lowest BCUT2D eigenvalue weighted by molar-refractivity contribution is -0.138. The van der Waals surface area contributed by atoms with Crippen LogP contribution < -0.4 is 0 Å². The first kappa shape index (κ1) is 15.0. The summed E-state index contributed by atoms with van der Waals surface area (Å²) in [4.78, 5) is 11.6. The van der Waals surface area contributed by atoms with Gasteiger partial charge in [0.25, 0.3) is 0 Å². The number of rotatable bonds is 4. The van der Waals surface area contributed by atoms with Crippen molar-refractivity contribution in [3.63, 3.8) is 0 Å². The molecule has 0 unspecified atom stereocenters. The fraction of sp³-hybridized carbons (Fsp3) is 0.0556. The van der Waals surface area contributed by atoms with Crippen molar-refractivity contribution in [3.8, 4) is 12.1 Å². The molecule has 0 spiro atoms. The van der Waals surface area contributed by atoms with Crippen LogP contribution in [0.25, 0.3) is 6.08 Å². The van der Waals surface area contributed by atoms with Crippen LogP contribution in [0, 0.1) is 22.7 Å². The zero-order valence-electron chi connectivity index (χ0n) is 11.7. The average Bonchev–Trinajstić information content (AvgIpc) is 2.59. The van der Waals surface area contributed by atoms with Crippen molar-refractivity contribution in [1.82, 2.24) is 0 Å². The molecule has 22 heavy (non-hydrogen) atoms. The molecule has 0 fully saturated rings. The molecule has 0 N–H and O–H groups in total. The highest BCUT2D eigenvalue weighted by molar-refractivity contribution is 5.87. The normalized spacial score (nSPS) is 9.91. The lowest BCUT2D eigenvalue weighted by atomic mass is 10.1. The monoisotopic (exact) mass is 288 g/mol. The summed E-state index contributed by atoms with van der Waals surface area (Å²) in [6.07, 6.45) is 2.97. The molecule has 2 rings (SSSR count). The third-order valence-corrected chi connectivity index (χ3v) is 2.92. The third kappa shape index (κ3) is 4.33. The van der Waals surface area contributed by atoms with Crippen LogP contribution in [0.2, 0.25) is 0 Å². The standard InChI is InChI=1S/C18H12N2O2/c19-11-15-3-1-14(2-4-15)9-10-18(21)22-13-17-7-5-16(12-20)6-8-17/h1-10H,13H2/b10-9+. The minimum absolute atomic E-state index is 0.155. The molecule has 2 aromatic carbocycles. The van der Waals surface area contributed by atoms with Gasteiger partial charge in [0.15, 0.2) is 0 Å². The maximum absolute atomic E-state index is 11.6. The van der Waals surface area contributed by atoms with E-state index in [2.05, 4.69) is 0 Å². The average molecular weight is 288 g/mol. The van der Waals surface area contributed by atoms with Gasteiger partial charge in [-0.1, -0.05) is 24.3 Å². The summed E-state index contributed by atoms with van der Waals surface area (Å²) in [5.74, 6) is -0.450. The van der Waals surface area contributed by atoms with E-state index in [0.717, 1.165) is 11.1 Å². The third-order valence-electron chi connectivity index (χ3n) is 2.92. The summed E-state index contributed by atoms with van der Waals surface area (Å²) >= 11 is 0. The van der Waals surface area contributed by atoms with E-state index in [9.17, 15) is 4.79 Å². The largest absolute Gasteiger partial charge is 0.458 e. The first-order valence-electron chi connectivity index (χ1n) is 6.55. The van der Waals surface area contributed by atoms with Gasteiger partial charge in [0.1, 0.15) is 6.61 Å². The van der Waals surface area contributed by atoms with E-state index < -0.39 is 5.97 Å². The number of nitrogens with zero attached hydrogens (tertiary/aromatic N) is 2. The molecule has 0 aromatic heterocycles. The van der Waals surface area contributed by atoms with Crippen molar-refractivity contribution in [2.45, 2.75) is 6.61 Å². The second-order valence-electron chi connectivity index (χ2n) is 4.48. The molecule has 0 amide bonds. The van der Waals surface area contributed by atoms with Gasteiger partial charge in [-0.15, -0.1) is 0 Å². The number of carbonyl (C=O) groups is 1. The number of benzene rings is 2. The van der Waals surface area contributed by atoms with E-state index in [1.807, 2.05) is 12.1 Å². The Kier molecular flexibility index (Phi) is 5.07. The quantitative estimate of drug-likeness (QED) is 0.639. The van der Waals surface area contributed by atoms with Gasteiger partial charge in [-0.2, -0.15) is 10.5 Å². The van der Waals surface area contributed by atoms with Gasteiger partial charge in [0.05, 0.1) is 23.3 Å². The molecule has 0 aliphatic carbocycles. The Balaban J connectivity index is 1.87. The number of carbonyl (C=O) groups excluding carboxylic acids is 1. The van der Waals surface area contributed by atoms with Crippen molar-refractivity contribution < 1.29 is 9.53 Å². The SMILES string of the molecule is N#Cc1ccc(/C=C/C(=O)OCc2ccc(C#N)cc2)cc1. The molecule has 0 saturated heterocycles. The zero-order chi connectivity index (χ0) is 15.8. The Morgan fingerprint density at radius 2 is 1.50 bits per heavy atom. The van der Waals surface area contributed by atoms with E-state index in [1.165, 1.54) is 6.08 Å².